The fraction of sp³-hybridized carbons (Fsp3) is 0.385. The van der Waals surface area contributed by atoms with Crippen molar-refractivity contribution < 1.29 is 9.90 Å². The zero-order valence-corrected chi connectivity index (χ0v) is 10.5. The van der Waals surface area contributed by atoms with E-state index in [1.54, 1.807) is 24.3 Å². The van der Waals surface area contributed by atoms with Crippen molar-refractivity contribution in [2.45, 2.75) is 19.9 Å². The Kier molecular flexibility index (Phi) is 5.15. The predicted molar refractivity (Wildman–Crippen MR) is 69.0 cm³/mol. The van der Waals surface area contributed by atoms with E-state index < -0.39 is 0 Å². The number of rotatable bonds is 4. The Bertz CT molecular complexity index is 437. The van der Waals surface area contributed by atoms with Gasteiger partial charge in [-0.05, 0) is 37.1 Å². The van der Waals surface area contributed by atoms with E-state index in [-0.39, 0.29) is 24.6 Å². The molecule has 0 saturated heterocycles. The van der Waals surface area contributed by atoms with Gasteiger partial charge in [-0.15, -0.1) is 0 Å². The largest absolute Gasteiger partial charge is 0.396 e. The van der Waals surface area contributed by atoms with Crippen molar-refractivity contribution in [3.8, 4) is 6.07 Å². The maximum absolute atomic E-state index is 11.6. The van der Waals surface area contributed by atoms with Gasteiger partial charge in [0, 0.05) is 18.3 Å². The molecule has 18 heavy (non-hydrogen) atoms. The summed E-state index contributed by atoms with van der Waals surface area (Å²) in [6.07, 6.45) is 0. The highest BCUT2D eigenvalue weighted by atomic mass is 16.3. The van der Waals surface area contributed by atoms with E-state index in [0.717, 1.165) is 0 Å². The fourth-order valence-corrected chi connectivity index (χ4v) is 1.30. The van der Waals surface area contributed by atoms with E-state index in [2.05, 4.69) is 10.6 Å². The number of aliphatic hydroxyl groups is 1. The minimum absolute atomic E-state index is 0.00304. The van der Waals surface area contributed by atoms with Crippen molar-refractivity contribution >= 4 is 11.7 Å². The number of carbonyl (C=O) groups is 1. The Hall–Kier alpha value is -2.06. The average Bonchev–Trinajstić information content (AvgIpc) is 2.38. The Labute approximate surface area is 106 Å². The average molecular weight is 247 g/mol. The van der Waals surface area contributed by atoms with Crippen LogP contribution in [0.1, 0.15) is 19.4 Å². The molecule has 1 aromatic carbocycles. The van der Waals surface area contributed by atoms with Gasteiger partial charge in [0.2, 0.25) is 0 Å². The molecule has 2 unspecified atom stereocenters. The Morgan fingerprint density at radius 3 is 2.50 bits per heavy atom. The van der Waals surface area contributed by atoms with Crippen molar-refractivity contribution in [2.75, 3.05) is 11.9 Å². The SMILES string of the molecule is CC(CO)C(C)NC(=O)Nc1ccc(C#N)cc1. The highest BCUT2D eigenvalue weighted by Crippen LogP contribution is 2.09. The molecule has 0 aromatic heterocycles. The summed E-state index contributed by atoms with van der Waals surface area (Å²) in [5.41, 5.74) is 1.17. The molecule has 0 aliphatic rings. The molecule has 0 bridgehead atoms. The minimum atomic E-state index is -0.326. The van der Waals surface area contributed by atoms with Gasteiger partial charge in [-0.1, -0.05) is 6.92 Å². The smallest absolute Gasteiger partial charge is 0.319 e. The number of carbonyl (C=O) groups excluding carboxylic acids is 1. The first-order chi connectivity index (χ1) is 8.56. The lowest BCUT2D eigenvalue weighted by Gasteiger charge is -2.19. The maximum Gasteiger partial charge on any atom is 0.319 e. The molecule has 0 heterocycles. The van der Waals surface area contributed by atoms with Gasteiger partial charge >= 0.3 is 6.03 Å². The van der Waals surface area contributed by atoms with Crippen LogP contribution in [-0.4, -0.2) is 23.8 Å². The van der Waals surface area contributed by atoms with E-state index >= 15 is 0 Å². The highest BCUT2D eigenvalue weighted by Gasteiger charge is 2.13. The van der Waals surface area contributed by atoms with Crippen LogP contribution in [0.4, 0.5) is 10.5 Å². The summed E-state index contributed by atoms with van der Waals surface area (Å²) in [4.78, 5) is 11.6. The number of amides is 2. The first-order valence-corrected chi connectivity index (χ1v) is 5.75. The van der Waals surface area contributed by atoms with E-state index in [4.69, 9.17) is 10.4 Å². The van der Waals surface area contributed by atoms with Crippen LogP contribution in [0.25, 0.3) is 0 Å². The Balaban J connectivity index is 2.52. The summed E-state index contributed by atoms with van der Waals surface area (Å²) in [6, 6.07) is 8.16. The van der Waals surface area contributed by atoms with Gasteiger partial charge in [0.15, 0.2) is 0 Å². The second-order valence-corrected chi connectivity index (χ2v) is 4.24. The van der Waals surface area contributed by atoms with Crippen molar-refractivity contribution in [1.82, 2.24) is 5.32 Å². The molecule has 5 nitrogen and oxygen atoms in total. The minimum Gasteiger partial charge on any atom is -0.396 e. The van der Waals surface area contributed by atoms with E-state index in [9.17, 15) is 4.79 Å². The molecule has 0 saturated carbocycles. The van der Waals surface area contributed by atoms with E-state index in [1.165, 1.54) is 0 Å². The van der Waals surface area contributed by atoms with Gasteiger partial charge in [0.05, 0.1) is 11.6 Å². The summed E-state index contributed by atoms with van der Waals surface area (Å²) in [5.74, 6) is -0.00304. The molecule has 3 N–H and O–H groups in total. The van der Waals surface area contributed by atoms with E-state index in [1.807, 2.05) is 19.9 Å². The molecule has 0 aliphatic carbocycles. The normalized spacial score (nSPS) is 13.2. The molecule has 1 aromatic rings. The van der Waals surface area contributed by atoms with Gasteiger partial charge in [0.25, 0.3) is 0 Å². The molecule has 0 spiro atoms. The van der Waals surface area contributed by atoms with Crippen LogP contribution in [0.5, 0.6) is 0 Å². The second kappa shape index (κ2) is 6.62. The van der Waals surface area contributed by atoms with Gasteiger partial charge < -0.3 is 15.7 Å². The number of benzene rings is 1. The van der Waals surface area contributed by atoms with Crippen molar-refractivity contribution in [3.63, 3.8) is 0 Å². The third kappa shape index (κ3) is 4.07. The standard InChI is InChI=1S/C13H17N3O2/c1-9(8-17)10(2)15-13(18)16-12-5-3-11(7-14)4-6-12/h3-6,9-10,17H,8H2,1-2H3,(H2,15,16,18). The van der Waals surface area contributed by atoms with Crippen molar-refractivity contribution in [1.29, 1.82) is 5.26 Å². The molecule has 0 aliphatic heterocycles. The molecular formula is C13H17N3O2. The van der Waals surface area contributed by atoms with Gasteiger partial charge in [-0.3, -0.25) is 0 Å². The number of hydrogen-bond donors (Lipinski definition) is 3. The number of anilines is 1. The molecule has 0 fully saturated rings. The van der Waals surface area contributed by atoms with Crippen LogP contribution in [-0.2, 0) is 0 Å². The predicted octanol–water partition coefficient (Wildman–Crippen LogP) is 1.70. The summed E-state index contributed by atoms with van der Waals surface area (Å²) in [7, 11) is 0. The molecule has 1 rings (SSSR count). The summed E-state index contributed by atoms with van der Waals surface area (Å²) in [5, 5.41) is 23.0. The van der Waals surface area contributed by atoms with Crippen LogP contribution < -0.4 is 10.6 Å². The maximum atomic E-state index is 11.6. The molecule has 2 amide bonds. The van der Waals surface area contributed by atoms with Gasteiger partial charge in [-0.25, -0.2) is 4.79 Å². The molecule has 96 valence electrons. The lowest BCUT2D eigenvalue weighted by molar-refractivity contribution is 0.204. The number of urea groups is 1. The van der Waals surface area contributed by atoms with Crippen LogP contribution in [0.3, 0.4) is 0 Å². The van der Waals surface area contributed by atoms with Crippen LogP contribution >= 0.6 is 0 Å². The molecule has 5 heteroatoms. The number of nitrogens with zero attached hydrogens (tertiary/aromatic N) is 1. The lowest BCUT2D eigenvalue weighted by atomic mass is 10.1. The van der Waals surface area contributed by atoms with Crippen LogP contribution in [0.2, 0.25) is 0 Å². The lowest BCUT2D eigenvalue weighted by Crippen LogP contribution is -2.40. The fourth-order valence-electron chi connectivity index (χ4n) is 1.30. The quantitative estimate of drug-likeness (QED) is 0.757. The monoisotopic (exact) mass is 247 g/mol. The highest BCUT2D eigenvalue weighted by molar-refractivity contribution is 5.89. The number of nitrogens with one attached hydrogen (secondary N) is 2. The molecule has 0 radical (unpaired) electrons. The van der Waals surface area contributed by atoms with Gasteiger partial charge in [-0.2, -0.15) is 5.26 Å². The summed E-state index contributed by atoms with van der Waals surface area (Å²) >= 11 is 0. The zero-order valence-electron chi connectivity index (χ0n) is 10.5. The van der Waals surface area contributed by atoms with Gasteiger partial charge in [0.1, 0.15) is 0 Å². The Morgan fingerprint density at radius 2 is 2.00 bits per heavy atom. The molecule has 2 atom stereocenters. The third-order valence-corrected chi connectivity index (χ3v) is 2.77. The second-order valence-electron chi connectivity index (χ2n) is 4.24. The topological polar surface area (TPSA) is 85.2 Å². The third-order valence-electron chi connectivity index (χ3n) is 2.77. The summed E-state index contributed by atoms with van der Waals surface area (Å²) in [6.45, 7) is 3.71. The molecular weight excluding hydrogens is 230 g/mol. The number of nitriles is 1. The first kappa shape index (κ1) is 14.0. The number of aliphatic hydroxyl groups excluding tert-OH is 1. The Morgan fingerprint density at radius 1 is 1.39 bits per heavy atom. The van der Waals surface area contributed by atoms with Crippen LogP contribution in [0, 0.1) is 17.2 Å². The zero-order chi connectivity index (χ0) is 13.5. The first-order valence-electron chi connectivity index (χ1n) is 5.75. The van der Waals surface area contributed by atoms with Crippen molar-refractivity contribution in [2.24, 2.45) is 5.92 Å². The summed E-state index contributed by atoms with van der Waals surface area (Å²) < 4.78 is 0. The van der Waals surface area contributed by atoms with Crippen LogP contribution in [0.15, 0.2) is 24.3 Å². The van der Waals surface area contributed by atoms with Crippen molar-refractivity contribution in [3.05, 3.63) is 29.8 Å². The van der Waals surface area contributed by atoms with E-state index in [0.29, 0.717) is 11.3 Å². The number of hydrogen-bond acceptors (Lipinski definition) is 3.